The SMILES string of the molecule is c1ccc(-c2ccc(-n3c(-c4cccc5c4sc4ccccc45)nc4c5ccccc5ccc43)c(-c3ccccc3)c2)cc1. The van der Waals surface area contributed by atoms with Gasteiger partial charge in [0.2, 0.25) is 0 Å². The molecule has 0 N–H and O–H groups in total. The second-order valence-corrected chi connectivity index (χ2v) is 12.2. The van der Waals surface area contributed by atoms with Crippen LogP contribution in [0.2, 0.25) is 0 Å². The van der Waals surface area contributed by atoms with Crippen molar-refractivity contribution in [1.82, 2.24) is 9.55 Å². The highest BCUT2D eigenvalue weighted by Crippen LogP contribution is 2.43. The van der Waals surface area contributed by atoms with Crippen LogP contribution in [-0.4, -0.2) is 9.55 Å². The zero-order valence-electron chi connectivity index (χ0n) is 23.8. The molecule has 0 saturated carbocycles. The minimum atomic E-state index is 0.957. The molecule has 0 saturated heterocycles. The van der Waals surface area contributed by atoms with Gasteiger partial charge in [-0.05, 0) is 52.4 Å². The zero-order chi connectivity index (χ0) is 29.0. The number of thiophene rings is 1. The van der Waals surface area contributed by atoms with Crippen molar-refractivity contribution < 1.29 is 0 Å². The lowest BCUT2D eigenvalue weighted by Gasteiger charge is -2.17. The molecule has 3 heteroatoms. The van der Waals surface area contributed by atoms with Gasteiger partial charge in [0.1, 0.15) is 5.82 Å². The third kappa shape index (κ3) is 3.90. The van der Waals surface area contributed by atoms with Gasteiger partial charge in [-0.25, -0.2) is 4.98 Å². The van der Waals surface area contributed by atoms with E-state index in [0.29, 0.717) is 0 Å². The number of nitrogens with zero attached hydrogens (tertiary/aromatic N) is 2. The average Bonchev–Trinajstić information content (AvgIpc) is 3.68. The first-order chi connectivity index (χ1) is 21.8. The summed E-state index contributed by atoms with van der Waals surface area (Å²) in [7, 11) is 0. The molecule has 0 amide bonds. The number of rotatable bonds is 4. The average molecular weight is 579 g/mol. The van der Waals surface area contributed by atoms with Crippen molar-refractivity contribution >= 4 is 53.3 Å². The van der Waals surface area contributed by atoms with Crippen molar-refractivity contribution in [1.29, 1.82) is 0 Å². The molecule has 0 aliphatic carbocycles. The summed E-state index contributed by atoms with van der Waals surface area (Å²) in [6.07, 6.45) is 0. The number of imidazole rings is 1. The Bertz CT molecular complexity index is 2490. The Kier molecular flexibility index (Phi) is 5.71. The van der Waals surface area contributed by atoms with E-state index in [2.05, 4.69) is 162 Å². The van der Waals surface area contributed by atoms with E-state index in [-0.39, 0.29) is 0 Å². The fourth-order valence-corrected chi connectivity index (χ4v) is 7.76. The molecule has 0 bridgehead atoms. The first-order valence-electron chi connectivity index (χ1n) is 14.9. The highest BCUT2D eigenvalue weighted by atomic mass is 32.1. The Balaban J connectivity index is 1.41. The van der Waals surface area contributed by atoms with Crippen molar-refractivity contribution in [3.8, 4) is 39.3 Å². The van der Waals surface area contributed by atoms with Crippen LogP contribution in [0.1, 0.15) is 0 Å². The summed E-state index contributed by atoms with van der Waals surface area (Å²) in [5, 5.41) is 4.92. The third-order valence-corrected chi connectivity index (χ3v) is 9.84. The summed E-state index contributed by atoms with van der Waals surface area (Å²) >= 11 is 1.85. The standard InChI is InChI=1S/C41H26N2S/c1-3-12-27(13-4-1)30-23-24-36(35(26-30)28-14-5-2-6-15-28)43-37-25-22-29-16-7-8-17-31(29)39(37)42-41(43)34-20-11-19-33-32-18-9-10-21-38(32)44-40(33)34/h1-26H. The molecule has 0 aliphatic rings. The van der Waals surface area contributed by atoms with Crippen LogP contribution in [0, 0.1) is 0 Å². The quantitative estimate of drug-likeness (QED) is 0.203. The number of hydrogen-bond acceptors (Lipinski definition) is 2. The molecule has 206 valence electrons. The van der Waals surface area contributed by atoms with Gasteiger partial charge in [-0.3, -0.25) is 4.57 Å². The van der Waals surface area contributed by atoms with Crippen LogP contribution in [-0.2, 0) is 0 Å². The van der Waals surface area contributed by atoms with Gasteiger partial charge in [0.15, 0.2) is 0 Å². The lowest BCUT2D eigenvalue weighted by Crippen LogP contribution is -2.01. The second kappa shape index (κ2) is 10.0. The smallest absolute Gasteiger partial charge is 0.147 e. The molecule has 44 heavy (non-hydrogen) atoms. The summed E-state index contributed by atoms with van der Waals surface area (Å²) in [5.41, 5.74) is 9.11. The Morgan fingerprint density at radius 1 is 0.477 bits per heavy atom. The topological polar surface area (TPSA) is 17.8 Å². The molecule has 0 unspecified atom stereocenters. The molecule has 2 nitrogen and oxygen atoms in total. The predicted molar refractivity (Wildman–Crippen MR) is 188 cm³/mol. The number of aromatic nitrogens is 2. The molecule has 0 fully saturated rings. The first-order valence-corrected chi connectivity index (χ1v) is 15.7. The normalized spacial score (nSPS) is 11.6. The van der Waals surface area contributed by atoms with Crippen molar-refractivity contribution in [2.45, 2.75) is 0 Å². The van der Waals surface area contributed by atoms with E-state index in [1.165, 1.54) is 47.8 Å². The van der Waals surface area contributed by atoms with Crippen LogP contribution in [0.25, 0.3) is 81.3 Å². The Morgan fingerprint density at radius 2 is 1.18 bits per heavy atom. The van der Waals surface area contributed by atoms with E-state index in [1.807, 2.05) is 11.3 Å². The minimum absolute atomic E-state index is 0.957. The molecule has 0 atom stereocenters. The number of fused-ring (bicyclic) bond motifs is 6. The summed E-state index contributed by atoms with van der Waals surface area (Å²) in [6.45, 7) is 0. The molecular weight excluding hydrogens is 553 g/mol. The summed E-state index contributed by atoms with van der Waals surface area (Å²) < 4.78 is 4.94. The monoisotopic (exact) mass is 578 g/mol. The first kappa shape index (κ1) is 25.0. The maximum atomic E-state index is 5.49. The summed E-state index contributed by atoms with van der Waals surface area (Å²) in [4.78, 5) is 5.49. The Morgan fingerprint density at radius 3 is 2.02 bits per heavy atom. The Hall–Kier alpha value is -5.51. The van der Waals surface area contributed by atoms with Crippen LogP contribution < -0.4 is 0 Å². The molecule has 0 spiro atoms. The maximum Gasteiger partial charge on any atom is 0.147 e. The molecule has 0 aliphatic heterocycles. The number of hydrogen-bond donors (Lipinski definition) is 0. The molecule has 9 rings (SSSR count). The highest BCUT2D eigenvalue weighted by Gasteiger charge is 2.22. The lowest BCUT2D eigenvalue weighted by molar-refractivity contribution is 1.11. The van der Waals surface area contributed by atoms with E-state index in [9.17, 15) is 0 Å². The number of benzene rings is 7. The van der Waals surface area contributed by atoms with Gasteiger partial charge < -0.3 is 0 Å². The van der Waals surface area contributed by atoms with E-state index < -0.39 is 0 Å². The van der Waals surface area contributed by atoms with Crippen molar-refractivity contribution in [3.63, 3.8) is 0 Å². The third-order valence-electron chi connectivity index (χ3n) is 8.62. The van der Waals surface area contributed by atoms with Crippen LogP contribution in [0.3, 0.4) is 0 Å². The van der Waals surface area contributed by atoms with E-state index in [1.54, 1.807) is 0 Å². The molecular formula is C41H26N2S. The van der Waals surface area contributed by atoms with E-state index in [0.717, 1.165) is 33.5 Å². The van der Waals surface area contributed by atoms with Gasteiger partial charge in [-0.1, -0.05) is 127 Å². The van der Waals surface area contributed by atoms with Crippen LogP contribution in [0.5, 0.6) is 0 Å². The van der Waals surface area contributed by atoms with Crippen LogP contribution >= 0.6 is 11.3 Å². The van der Waals surface area contributed by atoms with E-state index in [4.69, 9.17) is 4.98 Å². The highest BCUT2D eigenvalue weighted by molar-refractivity contribution is 7.26. The van der Waals surface area contributed by atoms with E-state index >= 15 is 0 Å². The lowest BCUT2D eigenvalue weighted by atomic mass is 9.97. The molecule has 2 heterocycles. The largest absolute Gasteiger partial charge is 0.292 e. The van der Waals surface area contributed by atoms with Gasteiger partial charge in [0, 0.05) is 36.7 Å². The predicted octanol–water partition coefficient (Wildman–Crippen LogP) is 11.5. The Labute approximate surface area is 259 Å². The molecule has 0 radical (unpaired) electrons. The molecule has 2 aromatic heterocycles. The van der Waals surface area contributed by atoms with Gasteiger partial charge in [0.25, 0.3) is 0 Å². The molecule has 7 aromatic carbocycles. The minimum Gasteiger partial charge on any atom is -0.292 e. The van der Waals surface area contributed by atoms with Crippen molar-refractivity contribution in [3.05, 3.63) is 158 Å². The maximum absolute atomic E-state index is 5.49. The summed E-state index contributed by atoms with van der Waals surface area (Å²) in [6, 6.07) is 56.6. The fourth-order valence-electron chi connectivity index (χ4n) is 6.55. The van der Waals surface area contributed by atoms with Gasteiger partial charge in [0.05, 0.1) is 16.7 Å². The second-order valence-electron chi connectivity index (χ2n) is 11.2. The molecule has 9 aromatic rings. The van der Waals surface area contributed by atoms with Gasteiger partial charge >= 0.3 is 0 Å². The zero-order valence-corrected chi connectivity index (χ0v) is 24.6. The van der Waals surface area contributed by atoms with Crippen molar-refractivity contribution in [2.24, 2.45) is 0 Å². The summed E-state index contributed by atoms with van der Waals surface area (Å²) in [5.74, 6) is 0.957. The van der Waals surface area contributed by atoms with Crippen LogP contribution in [0.15, 0.2) is 158 Å². The van der Waals surface area contributed by atoms with Gasteiger partial charge in [-0.15, -0.1) is 11.3 Å². The van der Waals surface area contributed by atoms with Gasteiger partial charge in [-0.2, -0.15) is 0 Å². The fraction of sp³-hybridized carbons (Fsp3) is 0. The van der Waals surface area contributed by atoms with Crippen LogP contribution in [0.4, 0.5) is 0 Å². The van der Waals surface area contributed by atoms with Crippen molar-refractivity contribution in [2.75, 3.05) is 0 Å².